The van der Waals surface area contributed by atoms with Crippen LogP contribution in [0.15, 0.2) is 0 Å². The van der Waals surface area contributed by atoms with Gasteiger partial charge in [0.15, 0.2) is 0 Å². The molecule has 1 aliphatic rings. The number of hydrogen-bond donors (Lipinski definition) is 1. The Morgan fingerprint density at radius 2 is 2.23 bits per heavy atom. The zero-order chi connectivity index (χ0) is 9.68. The number of hydrogen-bond acceptors (Lipinski definition) is 3. The fraction of sp³-hybridized carbons (Fsp3) is 1.00. The topological polar surface area (TPSA) is 23.5 Å². The van der Waals surface area contributed by atoms with Gasteiger partial charge in [0.05, 0.1) is 0 Å². The molecule has 78 valence electrons. The highest BCUT2D eigenvalue weighted by atomic mass is 32.2. The maximum absolute atomic E-state index is 8.75. The highest BCUT2D eigenvalue weighted by Crippen LogP contribution is 2.31. The van der Waals surface area contributed by atoms with E-state index in [1.165, 1.54) is 19.3 Å². The molecule has 0 heterocycles. The van der Waals surface area contributed by atoms with E-state index in [2.05, 4.69) is 18.2 Å². The first-order valence-corrected chi connectivity index (χ1v) is 6.42. The Kier molecular flexibility index (Phi) is 5.14. The molecule has 1 saturated carbocycles. The van der Waals surface area contributed by atoms with Gasteiger partial charge < -0.3 is 10.0 Å². The molecule has 1 N–H and O–H groups in total. The minimum Gasteiger partial charge on any atom is -0.396 e. The lowest BCUT2D eigenvalue weighted by molar-refractivity contribution is 0.211. The molecule has 3 heteroatoms. The van der Waals surface area contributed by atoms with Crippen LogP contribution in [0.3, 0.4) is 0 Å². The van der Waals surface area contributed by atoms with Crippen LogP contribution in [0.5, 0.6) is 0 Å². The standard InChI is InChI=1S/C10H21NOS/c1-11(7-4-8-12)9-5-3-6-10(9)13-2/h9-10,12H,3-8H2,1-2H3/t9-,10+/m0/s1. The van der Waals surface area contributed by atoms with Crippen molar-refractivity contribution in [1.29, 1.82) is 0 Å². The van der Waals surface area contributed by atoms with Gasteiger partial charge in [-0.2, -0.15) is 11.8 Å². The Balaban J connectivity index is 2.31. The van der Waals surface area contributed by atoms with Gasteiger partial charge in [-0.05, 0) is 32.6 Å². The van der Waals surface area contributed by atoms with Gasteiger partial charge in [0.25, 0.3) is 0 Å². The van der Waals surface area contributed by atoms with Crippen molar-refractivity contribution in [1.82, 2.24) is 4.90 Å². The molecule has 2 atom stereocenters. The van der Waals surface area contributed by atoms with E-state index in [1.807, 2.05) is 11.8 Å². The Hall–Kier alpha value is 0.270. The molecule has 0 amide bonds. The average molecular weight is 203 g/mol. The maximum atomic E-state index is 8.75. The summed E-state index contributed by atoms with van der Waals surface area (Å²) in [4.78, 5) is 2.42. The second kappa shape index (κ2) is 5.89. The molecule has 1 rings (SSSR count). The van der Waals surface area contributed by atoms with E-state index in [0.717, 1.165) is 24.3 Å². The molecule has 2 nitrogen and oxygen atoms in total. The predicted octanol–water partition coefficient (Wildman–Crippen LogP) is 1.58. The first-order chi connectivity index (χ1) is 6.29. The lowest BCUT2D eigenvalue weighted by Gasteiger charge is -2.28. The van der Waals surface area contributed by atoms with Crippen LogP contribution in [0.2, 0.25) is 0 Å². The fourth-order valence-corrected chi connectivity index (χ4v) is 3.23. The predicted molar refractivity (Wildman–Crippen MR) is 59.3 cm³/mol. The summed E-state index contributed by atoms with van der Waals surface area (Å²) in [5, 5.41) is 9.57. The molecule has 1 aliphatic carbocycles. The van der Waals surface area contributed by atoms with Crippen LogP contribution in [0.25, 0.3) is 0 Å². The Morgan fingerprint density at radius 1 is 1.46 bits per heavy atom. The van der Waals surface area contributed by atoms with Crippen molar-refractivity contribution in [2.75, 3.05) is 26.5 Å². The van der Waals surface area contributed by atoms with Gasteiger partial charge in [-0.15, -0.1) is 0 Å². The van der Waals surface area contributed by atoms with Crippen LogP contribution in [0, 0.1) is 0 Å². The third kappa shape index (κ3) is 3.15. The molecular formula is C10H21NOS. The molecule has 0 aromatic heterocycles. The molecule has 0 unspecified atom stereocenters. The molecule has 13 heavy (non-hydrogen) atoms. The van der Waals surface area contributed by atoms with Gasteiger partial charge in [-0.1, -0.05) is 6.42 Å². The summed E-state index contributed by atoms with van der Waals surface area (Å²) in [6, 6.07) is 0.751. The van der Waals surface area contributed by atoms with Gasteiger partial charge >= 0.3 is 0 Å². The van der Waals surface area contributed by atoms with Gasteiger partial charge in [0, 0.05) is 24.4 Å². The SMILES string of the molecule is CS[C@@H]1CCC[C@@H]1N(C)CCCO. The highest BCUT2D eigenvalue weighted by molar-refractivity contribution is 7.99. The minimum absolute atomic E-state index is 0.320. The largest absolute Gasteiger partial charge is 0.396 e. The van der Waals surface area contributed by atoms with Gasteiger partial charge in [-0.3, -0.25) is 0 Å². The third-order valence-electron chi connectivity index (χ3n) is 2.96. The van der Waals surface area contributed by atoms with Crippen molar-refractivity contribution in [3.63, 3.8) is 0 Å². The summed E-state index contributed by atoms with van der Waals surface area (Å²) in [6.45, 7) is 1.36. The minimum atomic E-state index is 0.320. The number of nitrogens with zero attached hydrogens (tertiary/aromatic N) is 1. The molecule has 0 radical (unpaired) electrons. The van der Waals surface area contributed by atoms with Crippen molar-refractivity contribution in [2.45, 2.75) is 37.0 Å². The molecule has 0 saturated heterocycles. The number of rotatable bonds is 5. The van der Waals surface area contributed by atoms with E-state index in [1.54, 1.807) is 0 Å². The quantitative estimate of drug-likeness (QED) is 0.734. The van der Waals surface area contributed by atoms with Crippen LogP contribution in [0.4, 0.5) is 0 Å². The molecule has 0 spiro atoms. The Labute approximate surface area is 85.7 Å². The first-order valence-electron chi connectivity index (χ1n) is 5.13. The first kappa shape index (κ1) is 11.3. The monoisotopic (exact) mass is 203 g/mol. The van der Waals surface area contributed by atoms with Crippen molar-refractivity contribution in [2.24, 2.45) is 0 Å². The fourth-order valence-electron chi connectivity index (χ4n) is 2.17. The highest BCUT2D eigenvalue weighted by Gasteiger charge is 2.28. The Bertz CT molecular complexity index is 143. The van der Waals surface area contributed by atoms with Crippen LogP contribution >= 0.6 is 11.8 Å². The summed E-state index contributed by atoms with van der Waals surface area (Å²) in [6.07, 6.45) is 7.21. The van der Waals surface area contributed by atoms with E-state index in [0.29, 0.717) is 6.61 Å². The summed E-state index contributed by atoms with van der Waals surface area (Å²) < 4.78 is 0. The summed E-state index contributed by atoms with van der Waals surface area (Å²) in [7, 11) is 2.19. The average Bonchev–Trinajstić information content (AvgIpc) is 2.61. The van der Waals surface area contributed by atoms with Crippen LogP contribution in [0.1, 0.15) is 25.7 Å². The zero-order valence-electron chi connectivity index (χ0n) is 8.70. The molecule has 0 bridgehead atoms. The van der Waals surface area contributed by atoms with Crippen LogP contribution < -0.4 is 0 Å². The molecule has 0 aromatic carbocycles. The molecule has 0 aromatic rings. The second-order valence-electron chi connectivity index (χ2n) is 3.83. The van der Waals surface area contributed by atoms with Crippen molar-refractivity contribution in [3.05, 3.63) is 0 Å². The van der Waals surface area contributed by atoms with E-state index >= 15 is 0 Å². The van der Waals surface area contributed by atoms with Gasteiger partial charge in [0.2, 0.25) is 0 Å². The van der Waals surface area contributed by atoms with E-state index in [4.69, 9.17) is 5.11 Å². The number of aliphatic hydroxyl groups excluding tert-OH is 1. The van der Waals surface area contributed by atoms with Gasteiger partial charge in [0.1, 0.15) is 0 Å². The summed E-state index contributed by atoms with van der Waals surface area (Å²) in [5.74, 6) is 0. The van der Waals surface area contributed by atoms with Crippen LogP contribution in [-0.2, 0) is 0 Å². The molecular weight excluding hydrogens is 182 g/mol. The molecule has 1 fully saturated rings. The second-order valence-corrected chi connectivity index (χ2v) is 4.91. The molecule has 0 aliphatic heterocycles. The van der Waals surface area contributed by atoms with Gasteiger partial charge in [-0.25, -0.2) is 0 Å². The van der Waals surface area contributed by atoms with Crippen molar-refractivity contribution in [3.8, 4) is 0 Å². The Morgan fingerprint density at radius 3 is 2.85 bits per heavy atom. The number of aliphatic hydroxyl groups is 1. The zero-order valence-corrected chi connectivity index (χ0v) is 9.52. The van der Waals surface area contributed by atoms with E-state index < -0.39 is 0 Å². The smallest absolute Gasteiger partial charge is 0.0443 e. The van der Waals surface area contributed by atoms with E-state index in [9.17, 15) is 0 Å². The maximum Gasteiger partial charge on any atom is 0.0443 e. The normalized spacial score (nSPS) is 28.6. The van der Waals surface area contributed by atoms with E-state index in [-0.39, 0.29) is 0 Å². The van der Waals surface area contributed by atoms with Crippen molar-refractivity contribution < 1.29 is 5.11 Å². The lowest BCUT2D eigenvalue weighted by atomic mass is 10.2. The third-order valence-corrected chi connectivity index (χ3v) is 4.11. The van der Waals surface area contributed by atoms with Crippen molar-refractivity contribution >= 4 is 11.8 Å². The summed E-state index contributed by atoms with van der Waals surface area (Å²) in [5.41, 5.74) is 0. The lowest BCUT2D eigenvalue weighted by Crippen LogP contribution is -2.36. The van der Waals surface area contributed by atoms with Crippen LogP contribution in [-0.4, -0.2) is 47.8 Å². The summed E-state index contributed by atoms with van der Waals surface area (Å²) >= 11 is 2.00. The number of thioether (sulfide) groups is 1.